The summed E-state index contributed by atoms with van der Waals surface area (Å²) in [6.07, 6.45) is 0.574. The van der Waals surface area contributed by atoms with Gasteiger partial charge in [-0.15, -0.1) is 21.5 Å². The molecule has 1 unspecified atom stereocenters. The first kappa shape index (κ1) is 22.8. The van der Waals surface area contributed by atoms with Crippen LogP contribution < -0.4 is 0 Å². The van der Waals surface area contributed by atoms with Gasteiger partial charge < -0.3 is 0 Å². The molecule has 32 heavy (non-hydrogen) atoms. The van der Waals surface area contributed by atoms with Crippen LogP contribution in [0.3, 0.4) is 0 Å². The van der Waals surface area contributed by atoms with Gasteiger partial charge in [0, 0.05) is 33.9 Å². The number of halogens is 2. The third-order valence-corrected chi connectivity index (χ3v) is 7.28. The molecule has 0 spiro atoms. The van der Waals surface area contributed by atoms with Crippen LogP contribution in [0.1, 0.15) is 71.9 Å². The number of carbonyl (C=O) groups excluding carboxylic acids is 1. The number of rotatable bonds is 7. The van der Waals surface area contributed by atoms with Crippen molar-refractivity contribution in [2.75, 3.05) is 0 Å². The molecule has 0 radical (unpaired) electrons. The monoisotopic (exact) mass is 472 g/mol. The van der Waals surface area contributed by atoms with Gasteiger partial charge in [0.1, 0.15) is 22.7 Å². The van der Waals surface area contributed by atoms with Crippen LogP contribution in [0.25, 0.3) is 5.00 Å². The third-order valence-electron chi connectivity index (χ3n) is 5.84. The highest BCUT2D eigenvalue weighted by atomic mass is 35.5. The van der Waals surface area contributed by atoms with Crippen LogP contribution in [0, 0.1) is 20.8 Å². The Bertz CT molecular complexity index is 1180. The Hall–Kier alpha value is -2.38. The second kappa shape index (κ2) is 9.24. The molecule has 0 aliphatic carbocycles. The maximum atomic E-state index is 13.2. The molecule has 0 N–H and O–H groups in total. The fraction of sp³-hybridized carbons (Fsp3) is 0.417. The predicted octanol–water partition coefficient (Wildman–Crippen LogP) is 6.29. The molecule has 8 heteroatoms. The molecule has 2 atom stereocenters. The standard InChI is InChI=1S/C24H26ClFN4OS/c1-13(26)6-5-7-19(31)12-20-23-29-28-16(4)30(23)24-21(14(2)15(3)32-24)22(27-20)17-8-10-18(25)11-9-17/h8-11,13,20H,5-7,12H2,1-4H3/t13?,20-/m0/s1. The summed E-state index contributed by atoms with van der Waals surface area (Å²) in [5.41, 5.74) is 3.97. The Morgan fingerprint density at radius 1 is 1.22 bits per heavy atom. The molecule has 0 fully saturated rings. The quantitative estimate of drug-likeness (QED) is 0.406. The Morgan fingerprint density at radius 3 is 2.62 bits per heavy atom. The van der Waals surface area contributed by atoms with E-state index in [9.17, 15) is 9.18 Å². The lowest BCUT2D eigenvalue weighted by atomic mass is 9.99. The van der Waals surface area contributed by atoms with Gasteiger partial charge in [-0.05, 0) is 58.2 Å². The molecular weight excluding hydrogens is 447 g/mol. The summed E-state index contributed by atoms with van der Waals surface area (Å²) in [7, 11) is 0. The second-order valence-electron chi connectivity index (χ2n) is 8.32. The van der Waals surface area contributed by atoms with E-state index < -0.39 is 12.2 Å². The number of benzene rings is 1. The van der Waals surface area contributed by atoms with Gasteiger partial charge in [-0.2, -0.15) is 0 Å². The molecule has 5 nitrogen and oxygen atoms in total. The molecule has 1 aliphatic heterocycles. The van der Waals surface area contributed by atoms with Gasteiger partial charge >= 0.3 is 0 Å². The topological polar surface area (TPSA) is 60.1 Å². The number of Topliss-reactive ketones (excluding diaryl/α,β-unsaturated/α-hetero) is 1. The van der Waals surface area contributed by atoms with Crippen LogP contribution in [0.5, 0.6) is 0 Å². The van der Waals surface area contributed by atoms with E-state index in [1.807, 2.05) is 35.8 Å². The van der Waals surface area contributed by atoms with E-state index in [-0.39, 0.29) is 12.2 Å². The van der Waals surface area contributed by atoms with Crippen molar-refractivity contribution in [3.63, 3.8) is 0 Å². The lowest BCUT2D eigenvalue weighted by molar-refractivity contribution is -0.119. The van der Waals surface area contributed by atoms with E-state index >= 15 is 0 Å². The van der Waals surface area contributed by atoms with E-state index in [4.69, 9.17) is 16.6 Å². The first-order valence-electron chi connectivity index (χ1n) is 10.8. The number of hydrogen-bond donors (Lipinski definition) is 0. The zero-order valence-corrected chi connectivity index (χ0v) is 20.2. The largest absolute Gasteiger partial charge is 0.300 e. The van der Waals surface area contributed by atoms with Crippen molar-refractivity contribution >= 4 is 34.4 Å². The van der Waals surface area contributed by atoms with Crippen molar-refractivity contribution in [2.45, 2.75) is 65.6 Å². The highest BCUT2D eigenvalue weighted by Crippen LogP contribution is 2.39. The van der Waals surface area contributed by atoms with Crippen molar-refractivity contribution in [3.8, 4) is 5.00 Å². The first-order chi connectivity index (χ1) is 15.3. The van der Waals surface area contributed by atoms with Gasteiger partial charge in [0.2, 0.25) is 0 Å². The van der Waals surface area contributed by atoms with Crippen LogP contribution in [0.4, 0.5) is 4.39 Å². The summed E-state index contributed by atoms with van der Waals surface area (Å²) in [6.45, 7) is 7.63. The van der Waals surface area contributed by atoms with Gasteiger partial charge in [0.05, 0.1) is 11.9 Å². The van der Waals surface area contributed by atoms with Crippen LogP contribution in [-0.4, -0.2) is 32.4 Å². The fourth-order valence-corrected chi connectivity index (χ4v) is 5.37. The summed E-state index contributed by atoms with van der Waals surface area (Å²) in [5, 5.41) is 10.4. The number of aromatic nitrogens is 3. The second-order valence-corrected chi connectivity index (χ2v) is 9.96. The zero-order valence-electron chi connectivity index (χ0n) is 18.7. The lowest BCUT2D eigenvalue weighted by Gasteiger charge is -2.12. The minimum atomic E-state index is -0.900. The van der Waals surface area contributed by atoms with Crippen LogP contribution >= 0.6 is 22.9 Å². The highest BCUT2D eigenvalue weighted by molar-refractivity contribution is 7.15. The van der Waals surface area contributed by atoms with Crippen LogP contribution in [0.15, 0.2) is 29.3 Å². The molecule has 3 aromatic rings. The molecule has 2 aromatic heterocycles. The average Bonchev–Trinajstić information content (AvgIpc) is 3.21. The fourth-order valence-electron chi connectivity index (χ4n) is 4.03. The van der Waals surface area contributed by atoms with E-state index in [2.05, 4.69) is 24.0 Å². The van der Waals surface area contributed by atoms with Crippen molar-refractivity contribution in [2.24, 2.45) is 4.99 Å². The van der Waals surface area contributed by atoms with E-state index in [1.165, 1.54) is 11.8 Å². The first-order valence-corrected chi connectivity index (χ1v) is 12.0. The van der Waals surface area contributed by atoms with Crippen molar-refractivity contribution in [1.29, 1.82) is 0 Å². The number of thiophene rings is 1. The SMILES string of the molecule is Cc1sc2c(c1C)C(c1ccc(Cl)cc1)=N[C@@H](CC(=O)CCCC(C)F)c1nnc(C)n1-2. The number of nitrogens with zero attached hydrogens (tertiary/aromatic N) is 4. The third kappa shape index (κ3) is 4.41. The summed E-state index contributed by atoms with van der Waals surface area (Å²) in [4.78, 5) is 19.1. The summed E-state index contributed by atoms with van der Waals surface area (Å²) in [5.74, 6) is 1.49. The Labute approximate surface area is 196 Å². The summed E-state index contributed by atoms with van der Waals surface area (Å²) >= 11 is 7.81. The number of carbonyl (C=O) groups is 1. The van der Waals surface area contributed by atoms with Crippen molar-refractivity contribution in [3.05, 3.63) is 62.5 Å². The van der Waals surface area contributed by atoms with Gasteiger partial charge in [-0.1, -0.05) is 23.7 Å². The van der Waals surface area contributed by atoms with Gasteiger partial charge in [-0.25, -0.2) is 4.39 Å². The Morgan fingerprint density at radius 2 is 1.94 bits per heavy atom. The van der Waals surface area contributed by atoms with Crippen LogP contribution in [0.2, 0.25) is 5.02 Å². The minimum absolute atomic E-state index is 0.0558. The average molecular weight is 473 g/mol. The van der Waals surface area contributed by atoms with E-state index in [1.54, 1.807) is 11.3 Å². The number of alkyl halides is 1. The maximum absolute atomic E-state index is 13.2. The molecule has 0 amide bonds. The zero-order chi connectivity index (χ0) is 23.0. The number of aliphatic imine (C=N–C) groups is 1. The van der Waals surface area contributed by atoms with Gasteiger partial charge in [-0.3, -0.25) is 14.4 Å². The van der Waals surface area contributed by atoms with Gasteiger partial charge in [0.15, 0.2) is 5.82 Å². The lowest BCUT2D eigenvalue weighted by Crippen LogP contribution is -2.11. The molecule has 0 bridgehead atoms. The maximum Gasteiger partial charge on any atom is 0.163 e. The van der Waals surface area contributed by atoms with Crippen LogP contribution in [-0.2, 0) is 4.79 Å². The number of ketones is 1. The molecule has 168 valence electrons. The number of aryl methyl sites for hydroxylation is 2. The Balaban J connectivity index is 1.81. The molecule has 3 heterocycles. The number of fused-ring (bicyclic) bond motifs is 3. The number of hydrogen-bond acceptors (Lipinski definition) is 5. The van der Waals surface area contributed by atoms with E-state index in [0.717, 1.165) is 33.2 Å². The molecule has 4 rings (SSSR count). The molecule has 0 saturated carbocycles. The summed E-state index contributed by atoms with van der Waals surface area (Å²) in [6, 6.07) is 7.15. The van der Waals surface area contributed by atoms with Crippen molar-refractivity contribution < 1.29 is 9.18 Å². The van der Waals surface area contributed by atoms with Gasteiger partial charge in [0.25, 0.3) is 0 Å². The summed E-state index contributed by atoms with van der Waals surface area (Å²) < 4.78 is 15.2. The minimum Gasteiger partial charge on any atom is -0.300 e. The highest BCUT2D eigenvalue weighted by Gasteiger charge is 2.32. The molecule has 1 aromatic carbocycles. The van der Waals surface area contributed by atoms with Crippen molar-refractivity contribution in [1.82, 2.24) is 14.8 Å². The molecule has 1 aliphatic rings. The molecular formula is C24H26ClFN4OS. The Kier molecular flexibility index (Phi) is 6.58. The normalized spacial score (nSPS) is 16.2. The van der Waals surface area contributed by atoms with E-state index in [0.29, 0.717) is 30.1 Å². The molecule has 0 saturated heterocycles. The smallest absolute Gasteiger partial charge is 0.163 e. The predicted molar refractivity (Wildman–Crippen MR) is 127 cm³/mol.